The van der Waals surface area contributed by atoms with Crippen molar-refractivity contribution in [2.45, 2.75) is 69.6 Å². The number of fused-ring (bicyclic) bond motifs is 1. The number of hydrogen-bond donors (Lipinski definition) is 1. The van der Waals surface area contributed by atoms with Crippen LogP contribution in [0.2, 0.25) is 0 Å². The van der Waals surface area contributed by atoms with Crippen LogP contribution in [0.25, 0.3) is 0 Å². The monoisotopic (exact) mass is 319 g/mol. The van der Waals surface area contributed by atoms with Crippen LogP contribution >= 0.6 is 0 Å². The summed E-state index contributed by atoms with van der Waals surface area (Å²) in [5, 5.41) is 7.89. The zero-order valence-electron chi connectivity index (χ0n) is 14.3. The minimum Gasteiger partial charge on any atom is -0.381 e. The lowest BCUT2D eigenvalue weighted by molar-refractivity contribution is -0.150. The highest BCUT2D eigenvalue weighted by Gasteiger charge is 2.40. The second-order valence-electron chi connectivity index (χ2n) is 7.54. The van der Waals surface area contributed by atoms with Crippen LogP contribution in [0.4, 0.5) is 0 Å². The fraction of sp³-hybridized carbons (Fsp3) is 0.833. The molecule has 3 aliphatic rings. The molecule has 0 radical (unpaired) electrons. The molecule has 3 heterocycles. The average Bonchev–Trinajstić information content (AvgIpc) is 2.99. The molecule has 4 rings (SSSR count). The molecular formula is C18H29N3O2. The van der Waals surface area contributed by atoms with Crippen molar-refractivity contribution in [3.8, 4) is 0 Å². The Morgan fingerprint density at radius 2 is 2.04 bits per heavy atom. The van der Waals surface area contributed by atoms with Crippen molar-refractivity contribution in [1.29, 1.82) is 0 Å². The molecule has 1 aliphatic carbocycles. The van der Waals surface area contributed by atoms with Gasteiger partial charge in [-0.3, -0.25) is 10.00 Å². The van der Waals surface area contributed by atoms with Crippen molar-refractivity contribution >= 4 is 0 Å². The normalized spacial score (nSPS) is 27.3. The Labute approximate surface area is 138 Å². The van der Waals surface area contributed by atoms with E-state index >= 15 is 0 Å². The third-order valence-corrected chi connectivity index (χ3v) is 6.04. The standard InChI is InChI=1S/C18H29N3O2/c1-21(13-17-15-4-2-3-5-16(15)19-20-17)14-6-9-23-18(12-14)7-10-22-11-8-18/h14H,2-13H2,1H3,(H,19,20)/t14-/m1/s1. The number of aryl methyl sites for hydroxylation is 1. The van der Waals surface area contributed by atoms with Gasteiger partial charge in [0.05, 0.1) is 11.3 Å². The van der Waals surface area contributed by atoms with Crippen molar-refractivity contribution in [1.82, 2.24) is 15.1 Å². The number of hydrogen-bond acceptors (Lipinski definition) is 4. The maximum absolute atomic E-state index is 6.18. The fourth-order valence-electron chi connectivity index (χ4n) is 4.52. The first kappa shape index (κ1) is 15.6. The van der Waals surface area contributed by atoms with E-state index in [1.807, 2.05) is 0 Å². The summed E-state index contributed by atoms with van der Waals surface area (Å²) < 4.78 is 11.7. The molecule has 2 fully saturated rings. The van der Waals surface area contributed by atoms with Crippen LogP contribution in [0.3, 0.4) is 0 Å². The highest BCUT2D eigenvalue weighted by Crippen LogP contribution is 2.36. The number of H-pyrrole nitrogens is 1. The first-order chi connectivity index (χ1) is 11.3. The SMILES string of the molecule is CN(Cc1n[nH]c2c1CCCC2)[C@@H]1CCOC2(CCOCC2)C1. The Morgan fingerprint density at radius 3 is 2.91 bits per heavy atom. The fourth-order valence-corrected chi connectivity index (χ4v) is 4.52. The van der Waals surface area contributed by atoms with E-state index in [2.05, 4.69) is 22.1 Å². The van der Waals surface area contributed by atoms with Crippen LogP contribution in [0, 0.1) is 0 Å². The molecular weight excluding hydrogens is 290 g/mol. The molecule has 5 heteroatoms. The largest absolute Gasteiger partial charge is 0.381 e. The summed E-state index contributed by atoms with van der Waals surface area (Å²) in [6.45, 7) is 3.55. The molecule has 1 aromatic rings. The summed E-state index contributed by atoms with van der Waals surface area (Å²) in [7, 11) is 2.26. The number of nitrogens with zero attached hydrogens (tertiary/aromatic N) is 2. The Balaban J connectivity index is 1.42. The van der Waals surface area contributed by atoms with Gasteiger partial charge in [-0.15, -0.1) is 0 Å². The Bertz CT molecular complexity index is 531. The summed E-state index contributed by atoms with van der Waals surface area (Å²) in [5.41, 5.74) is 4.22. The molecule has 23 heavy (non-hydrogen) atoms. The van der Waals surface area contributed by atoms with Crippen LogP contribution in [0.1, 0.15) is 55.5 Å². The van der Waals surface area contributed by atoms with E-state index in [9.17, 15) is 0 Å². The summed E-state index contributed by atoms with van der Waals surface area (Å²) in [4.78, 5) is 2.50. The van der Waals surface area contributed by atoms with Crippen LogP contribution in [0.5, 0.6) is 0 Å². The smallest absolute Gasteiger partial charge is 0.0797 e. The van der Waals surface area contributed by atoms with E-state index in [4.69, 9.17) is 9.47 Å². The van der Waals surface area contributed by atoms with Gasteiger partial charge in [-0.1, -0.05) is 0 Å². The second kappa shape index (κ2) is 6.54. The van der Waals surface area contributed by atoms with E-state index in [0.29, 0.717) is 6.04 Å². The predicted molar refractivity (Wildman–Crippen MR) is 88.5 cm³/mol. The first-order valence-corrected chi connectivity index (χ1v) is 9.23. The average molecular weight is 319 g/mol. The van der Waals surface area contributed by atoms with Crippen molar-refractivity contribution in [3.05, 3.63) is 17.0 Å². The van der Waals surface area contributed by atoms with Gasteiger partial charge in [0.25, 0.3) is 0 Å². The summed E-state index contributed by atoms with van der Waals surface area (Å²) in [5.74, 6) is 0. The molecule has 0 bridgehead atoms. The lowest BCUT2D eigenvalue weighted by Gasteiger charge is -2.45. The van der Waals surface area contributed by atoms with Crippen LogP contribution < -0.4 is 0 Å². The van der Waals surface area contributed by atoms with E-state index < -0.39 is 0 Å². The number of aromatic amines is 1. The number of ether oxygens (including phenoxy) is 2. The van der Waals surface area contributed by atoms with Gasteiger partial charge in [0.2, 0.25) is 0 Å². The zero-order chi connectivity index (χ0) is 15.7. The molecule has 5 nitrogen and oxygen atoms in total. The molecule has 1 spiro atoms. The number of nitrogens with one attached hydrogen (secondary N) is 1. The van der Waals surface area contributed by atoms with E-state index in [-0.39, 0.29) is 5.60 Å². The summed E-state index contributed by atoms with van der Waals surface area (Å²) >= 11 is 0. The van der Waals surface area contributed by atoms with Gasteiger partial charge in [-0.25, -0.2) is 0 Å². The molecule has 0 aromatic carbocycles. The van der Waals surface area contributed by atoms with Crippen LogP contribution in [-0.4, -0.2) is 53.6 Å². The second-order valence-corrected chi connectivity index (χ2v) is 7.54. The maximum atomic E-state index is 6.18. The van der Waals surface area contributed by atoms with Crippen LogP contribution in [-0.2, 0) is 28.9 Å². The lowest BCUT2D eigenvalue weighted by Crippen LogP contribution is -2.50. The van der Waals surface area contributed by atoms with Crippen molar-refractivity contribution in [2.24, 2.45) is 0 Å². The third kappa shape index (κ3) is 3.19. The molecule has 0 amide bonds. The number of rotatable bonds is 3. The summed E-state index contributed by atoms with van der Waals surface area (Å²) in [6.07, 6.45) is 9.35. The number of aromatic nitrogens is 2. The van der Waals surface area contributed by atoms with Gasteiger partial charge >= 0.3 is 0 Å². The minimum atomic E-state index is 0.0699. The molecule has 1 atom stereocenters. The van der Waals surface area contributed by atoms with E-state index in [0.717, 1.165) is 52.0 Å². The van der Waals surface area contributed by atoms with Crippen molar-refractivity contribution in [3.63, 3.8) is 0 Å². The van der Waals surface area contributed by atoms with Gasteiger partial charge in [-0.05, 0) is 64.0 Å². The quantitative estimate of drug-likeness (QED) is 0.930. The van der Waals surface area contributed by atoms with Crippen molar-refractivity contribution in [2.75, 3.05) is 26.9 Å². The minimum absolute atomic E-state index is 0.0699. The highest BCUT2D eigenvalue weighted by atomic mass is 16.5. The lowest BCUT2D eigenvalue weighted by atomic mass is 9.83. The Kier molecular flexibility index (Phi) is 4.43. The molecule has 0 saturated carbocycles. The van der Waals surface area contributed by atoms with Gasteiger partial charge < -0.3 is 9.47 Å². The highest BCUT2D eigenvalue weighted by molar-refractivity contribution is 5.27. The van der Waals surface area contributed by atoms with Gasteiger partial charge in [0, 0.05) is 38.1 Å². The maximum Gasteiger partial charge on any atom is 0.0797 e. The van der Waals surface area contributed by atoms with E-state index in [1.54, 1.807) is 0 Å². The van der Waals surface area contributed by atoms with Crippen molar-refractivity contribution < 1.29 is 9.47 Å². The van der Waals surface area contributed by atoms with Gasteiger partial charge in [-0.2, -0.15) is 5.10 Å². The molecule has 1 N–H and O–H groups in total. The molecule has 2 saturated heterocycles. The van der Waals surface area contributed by atoms with Gasteiger partial charge in [0.15, 0.2) is 0 Å². The van der Waals surface area contributed by atoms with Gasteiger partial charge in [0.1, 0.15) is 0 Å². The molecule has 128 valence electrons. The molecule has 2 aliphatic heterocycles. The van der Waals surface area contributed by atoms with Crippen LogP contribution in [0.15, 0.2) is 0 Å². The Hall–Kier alpha value is -0.910. The topological polar surface area (TPSA) is 50.4 Å². The Morgan fingerprint density at radius 1 is 1.22 bits per heavy atom. The molecule has 1 aromatic heterocycles. The zero-order valence-corrected chi connectivity index (χ0v) is 14.3. The molecule has 0 unspecified atom stereocenters. The third-order valence-electron chi connectivity index (χ3n) is 6.04. The van der Waals surface area contributed by atoms with E-state index in [1.165, 1.54) is 42.6 Å². The summed E-state index contributed by atoms with van der Waals surface area (Å²) in [6, 6.07) is 0.595. The predicted octanol–water partition coefficient (Wildman–Crippen LogP) is 2.45. The first-order valence-electron chi connectivity index (χ1n) is 9.23.